The van der Waals surface area contributed by atoms with Gasteiger partial charge in [-0.25, -0.2) is 0 Å². The monoisotopic (exact) mass is 271 g/mol. The van der Waals surface area contributed by atoms with Crippen molar-refractivity contribution in [2.75, 3.05) is 27.2 Å². The van der Waals surface area contributed by atoms with Crippen LogP contribution in [-0.4, -0.2) is 55.7 Å². The molecule has 1 aliphatic rings. The number of carbonyl (C=O) groups is 1. The van der Waals surface area contributed by atoms with Crippen LogP contribution in [0, 0.1) is 0 Å². The zero-order chi connectivity index (χ0) is 14.5. The Morgan fingerprint density at radius 1 is 1.58 bits per heavy atom. The second-order valence-corrected chi connectivity index (χ2v) is 5.85. The molecule has 5 nitrogen and oxygen atoms in total. The van der Waals surface area contributed by atoms with E-state index in [0.29, 0.717) is 6.04 Å². The van der Waals surface area contributed by atoms with Gasteiger partial charge in [0.2, 0.25) is 5.91 Å². The van der Waals surface area contributed by atoms with Crippen molar-refractivity contribution in [3.05, 3.63) is 0 Å². The average Bonchev–Trinajstić information content (AvgIpc) is 2.38. The van der Waals surface area contributed by atoms with Crippen LogP contribution in [0.15, 0.2) is 0 Å². The highest BCUT2D eigenvalue weighted by molar-refractivity contribution is 5.84. The van der Waals surface area contributed by atoms with Gasteiger partial charge in [0.1, 0.15) is 0 Å². The molecule has 1 fully saturated rings. The van der Waals surface area contributed by atoms with Crippen LogP contribution >= 0.6 is 0 Å². The molecule has 0 saturated heterocycles. The summed E-state index contributed by atoms with van der Waals surface area (Å²) in [5.41, 5.74) is 5.04. The van der Waals surface area contributed by atoms with E-state index in [4.69, 9.17) is 10.5 Å². The van der Waals surface area contributed by atoms with Gasteiger partial charge in [0, 0.05) is 12.6 Å². The first-order valence-corrected chi connectivity index (χ1v) is 7.22. The number of ether oxygens (including phenoxy) is 1. The van der Waals surface area contributed by atoms with Crippen LogP contribution in [0.4, 0.5) is 0 Å². The maximum absolute atomic E-state index is 11.7. The first-order chi connectivity index (χ1) is 8.91. The average molecular weight is 271 g/mol. The van der Waals surface area contributed by atoms with E-state index in [9.17, 15) is 4.79 Å². The van der Waals surface area contributed by atoms with Crippen LogP contribution in [0.2, 0.25) is 0 Å². The molecule has 0 spiro atoms. The minimum absolute atomic E-state index is 0.230. The van der Waals surface area contributed by atoms with E-state index in [2.05, 4.69) is 17.3 Å². The van der Waals surface area contributed by atoms with Crippen LogP contribution in [-0.2, 0) is 9.53 Å². The fourth-order valence-corrected chi connectivity index (χ4v) is 2.81. The number of primary amides is 1. The Morgan fingerprint density at radius 2 is 2.26 bits per heavy atom. The summed E-state index contributed by atoms with van der Waals surface area (Å²) in [7, 11) is 3.93. The standard InChI is InChI=1S/C14H29N3O2/c1-11(2)19-9-8-17(4)12-6-5-7-14(10-12,16-3)13(15)18/h11-12,16H,5-10H2,1-4H3,(H2,15,18). The fraction of sp³-hybridized carbons (Fsp3) is 0.929. The molecule has 0 aliphatic heterocycles. The van der Waals surface area contributed by atoms with E-state index < -0.39 is 5.54 Å². The van der Waals surface area contributed by atoms with E-state index in [1.165, 1.54) is 0 Å². The minimum atomic E-state index is -0.532. The van der Waals surface area contributed by atoms with Crippen molar-refractivity contribution in [3.8, 4) is 0 Å². The van der Waals surface area contributed by atoms with Gasteiger partial charge < -0.3 is 20.7 Å². The van der Waals surface area contributed by atoms with Crippen LogP contribution < -0.4 is 11.1 Å². The number of nitrogens with one attached hydrogen (secondary N) is 1. The molecule has 5 heteroatoms. The molecule has 19 heavy (non-hydrogen) atoms. The van der Waals surface area contributed by atoms with Crippen molar-refractivity contribution in [2.45, 2.75) is 57.2 Å². The largest absolute Gasteiger partial charge is 0.377 e. The smallest absolute Gasteiger partial charge is 0.237 e. The Morgan fingerprint density at radius 3 is 2.79 bits per heavy atom. The maximum Gasteiger partial charge on any atom is 0.237 e. The molecular formula is C14H29N3O2. The molecule has 0 aromatic carbocycles. The topological polar surface area (TPSA) is 67.6 Å². The third kappa shape index (κ3) is 4.44. The molecule has 0 radical (unpaired) electrons. The SMILES string of the molecule is CNC1(C(N)=O)CCCC(N(C)CCOC(C)C)C1. The number of rotatable bonds is 7. The highest BCUT2D eigenvalue weighted by atomic mass is 16.5. The first kappa shape index (κ1) is 16.4. The molecule has 2 unspecified atom stereocenters. The Balaban J connectivity index is 2.51. The molecular weight excluding hydrogens is 242 g/mol. The van der Waals surface area contributed by atoms with Crippen molar-refractivity contribution in [3.63, 3.8) is 0 Å². The Bertz CT molecular complexity index is 296. The van der Waals surface area contributed by atoms with Gasteiger partial charge in [-0.15, -0.1) is 0 Å². The molecule has 0 aromatic rings. The summed E-state index contributed by atoms with van der Waals surface area (Å²) < 4.78 is 5.58. The molecule has 112 valence electrons. The number of hydrogen-bond acceptors (Lipinski definition) is 4. The maximum atomic E-state index is 11.7. The van der Waals surface area contributed by atoms with Gasteiger partial charge in [0.05, 0.1) is 18.2 Å². The van der Waals surface area contributed by atoms with Crippen LogP contribution in [0.5, 0.6) is 0 Å². The highest BCUT2D eigenvalue weighted by Gasteiger charge is 2.41. The van der Waals surface area contributed by atoms with Crippen molar-refractivity contribution >= 4 is 5.91 Å². The van der Waals surface area contributed by atoms with E-state index in [0.717, 1.165) is 38.8 Å². The predicted octanol–water partition coefficient (Wildman–Crippen LogP) is 0.729. The van der Waals surface area contributed by atoms with Crippen LogP contribution in [0.1, 0.15) is 39.5 Å². The fourth-order valence-electron chi connectivity index (χ4n) is 2.81. The summed E-state index contributed by atoms with van der Waals surface area (Å²) in [6.07, 6.45) is 4.04. The zero-order valence-electron chi connectivity index (χ0n) is 12.7. The van der Waals surface area contributed by atoms with Crippen molar-refractivity contribution < 1.29 is 9.53 Å². The predicted molar refractivity (Wildman–Crippen MR) is 77.0 cm³/mol. The molecule has 3 N–H and O–H groups in total. The Labute approximate surface area is 116 Å². The summed E-state index contributed by atoms with van der Waals surface area (Å²) in [5, 5.41) is 3.14. The molecule has 1 rings (SSSR count). The quantitative estimate of drug-likeness (QED) is 0.716. The number of likely N-dealkylation sites (N-methyl/N-ethyl adjacent to an activating group) is 2. The van der Waals surface area contributed by atoms with Gasteiger partial charge in [-0.3, -0.25) is 4.79 Å². The molecule has 0 bridgehead atoms. The van der Waals surface area contributed by atoms with E-state index >= 15 is 0 Å². The lowest BCUT2D eigenvalue weighted by atomic mass is 9.78. The minimum Gasteiger partial charge on any atom is -0.377 e. The van der Waals surface area contributed by atoms with Gasteiger partial charge in [0.25, 0.3) is 0 Å². The summed E-state index contributed by atoms with van der Waals surface area (Å²) in [6, 6.07) is 0.393. The number of hydrogen-bond donors (Lipinski definition) is 2. The van der Waals surface area contributed by atoms with Crippen molar-refractivity contribution in [1.29, 1.82) is 0 Å². The van der Waals surface area contributed by atoms with Gasteiger partial charge >= 0.3 is 0 Å². The summed E-state index contributed by atoms with van der Waals surface area (Å²) in [5.74, 6) is -0.230. The first-order valence-electron chi connectivity index (χ1n) is 7.22. The van der Waals surface area contributed by atoms with E-state index in [-0.39, 0.29) is 12.0 Å². The summed E-state index contributed by atoms with van der Waals surface area (Å²) in [6.45, 7) is 5.70. The summed E-state index contributed by atoms with van der Waals surface area (Å²) >= 11 is 0. The van der Waals surface area contributed by atoms with Crippen LogP contribution in [0.3, 0.4) is 0 Å². The second kappa shape index (κ2) is 7.22. The van der Waals surface area contributed by atoms with Gasteiger partial charge in [-0.05, 0) is 53.6 Å². The van der Waals surface area contributed by atoms with Gasteiger partial charge in [-0.2, -0.15) is 0 Å². The summed E-state index contributed by atoms with van der Waals surface area (Å²) in [4.78, 5) is 14.0. The Hall–Kier alpha value is -0.650. The lowest BCUT2D eigenvalue weighted by Crippen LogP contribution is -2.59. The lowest BCUT2D eigenvalue weighted by molar-refractivity contribution is -0.126. The van der Waals surface area contributed by atoms with Gasteiger partial charge in [-0.1, -0.05) is 0 Å². The third-order valence-electron chi connectivity index (χ3n) is 4.19. The van der Waals surface area contributed by atoms with Gasteiger partial charge in [0.15, 0.2) is 0 Å². The van der Waals surface area contributed by atoms with Crippen molar-refractivity contribution in [1.82, 2.24) is 10.2 Å². The normalized spacial score (nSPS) is 28.0. The molecule has 2 atom stereocenters. The highest BCUT2D eigenvalue weighted by Crippen LogP contribution is 2.30. The number of carbonyl (C=O) groups excluding carboxylic acids is 1. The molecule has 0 aromatic heterocycles. The molecule has 1 amide bonds. The second-order valence-electron chi connectivity index (χ2n) is 5.85. The van der Waals surface area contributed by atoms with E-state index in [1.807, 2.05) is 20.9 Å². The Kier molecular flexibility index (Phi) is 6.23. The molecule has 1 aliphatic carbocycles. The van der Waals surface area contributed by atoms with Crippen LogP contribution in [0.25, 0.3) is 0 Å². The number of amides is 1. The zero-order valence-corrected chi connectivity index (χ0v) is 12.7. The third-order valence-corrected chi connectivity index (χ3v) is 4.19. The number of nitrogens with two attached hydrogens (primary N) is 1. The molecule has 1 saturated carbocycles. The number of nitrogens with zero attached hydrogens (tertiary/aromatic N) is 1. The molecule has 0 heterocycles. The van der Waals surface area contributed by atoms with E-state index in [1.54, 1.807) is 0 Å². The van der Waals surface area contributed by atoms with Crippen molar-refractivity contribution in [2.24, 2.45) is 5.73 Å². The lowest BCUT2D eigenvalue weighted by Gasteiger charge is -2.41.